The number of nitrogens with zero attached hydrogens (tertiary/aromatic N) is 2. The van der Waals surface area contributed by atoms with Gasteiger partial charge in [-0.3, -0.25) is 0 Å². The van der Waals surface area contributed by atoms with Gasteiger partial charge in [-0.1, -0.05) is 54.1 Å². The van der Waals surface area contributed by atoms with Gasteiger partial charge in [-0.25, -0.2) is 4.99 Å². The van der Waals surface area contributed by atoms with Gasteiger partial charge < -0.3 is 4.57 Å². The number of fused-ring (bicyclic) bond motifs is 5. The van der Waals surface area contributed by atoms with Crippen LogP contribution in [0.5, 0.6) is 0 Å². The van der Waals surface area contributed by atoms with E-state index in [-0.39, 0.29) is 0 Å². The molecule has 0 bridgehead atoms. The van der Waals surface area contributed by atoms with Gasteiger partial charge in [-0.2, -0.15) is 0 Å². The van der Waals surface area contributed by atoms with Crippen molar-refractivity contribution in [3.05, 3.63) is 94.7 Å². The van der Waals surface area contributed by atoms with Crippen LogP contribution in [0.15, 0.2) is 71.7 Å². The summed E-state index contributed by atoms with van der Waals surface area (Å²) in [7, 11) is 0. The second-order valence-corrected chi connectivity index (χ2v) is 7.15. The van der Waals surface area contributed by atoms with E-state index in [2.05, 4.69) is 92.1 Å². The lowest BCUT2D eigenvalue weighted by atomic mass is 10.0. The molecule has 1 aliphatic rings. The molecule has 0 saturated carbocycles. The first-order valence-corrected chi connectivity index (χ1v) is 9.00. The fourth-order valence-corrected chi connectivity index (χ4v) is 4.17. The number of aromatic nitrogens is 1. The average Bonchev–Trinajstić information content (AvgIpc) is 3.13. The van der Waals surface area contributed by atoms with Crippen LogP contribution >= 0.6 is 0 Å². The summed E-state index contributed by atoms with van der Waals surface area (Å²) in [5.41, 5.74) is 10.7. The average molecular weight is 336 g/mol. The molecular weight excluding hydrogens is 316 g/mol. The summed E-state index contributed by atoms with van der Waals surface area (Å²) in [5.74, 6) is 0. The zero-order valence-electron chi connectivity index (χ0n) is 15.2. The summed E-state index contributed by atoms with van der Waals surface area (Å²) in [6.07, 6.45) is 0. The van der Waals surface area contributed by atoms with Gasteiger partial charge in [0.25, 0.3) is 0 Å². The molecule has 0 radical (unpaired) electrons. The quantitative estimate of drug-likeness (QED) is 0.355. The molecule has 2 heteroatoms. The van der Waals surface area contributed by atoms with Gasteiger partial charge >= 0.3 is 0 Å². The van der Waals surface area contributed by atoms with Crippen LogP contribution in [-0.2, 0) is 0 Å². The number of hydrogen-bond acceptors (Lipinski definition) is 1. The lowest BCUT2D eigenvalue weighted by molar-refractivity contribution is 1.14. The highest BCUT2D eigenvalue weighted by molar-refractivity contribution is 6.20. The first-order chi connectivity index (χ1) is 12.6. The first kappa shape index (κ1) is 15.2. The van der Waals surface area contributed by atoms with Crippen molar-refractivity contribution in [2.45, 2.75) is 20.8 Å². The molecule has 0 unspecified atom stereocenters. The van der Waals surface area contributed by atoms with E-state index < -0.39 is 0 Å². The Morgan fingerprint density at radius 3 is 2.27 bits per heavy atom. The molecule has 0 spiro atoms. The molecule has 0 fully saturated rings. The van der Waals surface area contributed by atoms with Crippen LogP contribution in [0.4, 0.5) is 5.69 Å². The number of aryl methyl sites for hydroxylation is 3. The number of benzene rings is 3. The third kappa shape index (κ3) is 2.08. The minimum atomic E-state index is 1.06. The maximum absolute atomic E-state index is 5.17. The molecule has 0 atom stereocenters. The lowest BCUT2D eigenvalue weighted by Crippen LogP contribution is -1.98. The van der Waals surface area contributed by atoms with Crippen LogP contribution in [0.3, 0.4) is 0 Å². The molecule has 3 aromatic carbocycles. The number of rotatable bonds is 1. The summed E-state index contributed by atoms with van der Waals surface area (Å²) >= 11 is 0. The van der Waals surface area contributed by atoms with Gasteiger partial charge in [0, 0.05) is 10.9 Å². The smallest absolute Gasteiger partial charge is 0.0971 e. The van der Waals surface area contributed by atoms with Crippen molar-refractivity contribution < 1.29 is 0 Å². The molecule has 26 heavy (non-hydrogen) atoms. The Hall–Kier alpha value is -3.13. The van der Waals surface area contributed by atoms with Crippen molar-refractivity contribution in [2.24, 2.45) is 4.99 Å². The van der Waals surface area contributed by atoms with Crippen molar-refractivity contribution in [2.75, 3.05) is 0 Å². The van der Waals surface area contributed by atoms with Gasteiger partial charge in [-0.05, 0) is 50.1 Å². The van der Waals surface area contributed by atoms with Crippen molar-refractivity contribution in [1.29, 1.82) is 0 Å². The molecule has 2 nitrogen and oxygen atoms in total. The molecule has 0 saturated heterocycles. The van der Waals surface area contributed by atoms with E-state index in [0.717, 1.165) is 11.4 Å². The van der Waals surface area contributed by atoms with E-state index in [1.54, 1.807) is 0 Å². The van der Waals surface area contributed by atoms with Gasteiger partial charge in [0.15, 0.2) is 0 Å². The van der Waals surface area contributed by atoms with Gasteiger partial charge in [0.05, 0.1) is 28.3 Å². The Morgan fingerprint density at radius 1 is 0.769 bits per heavy atom. The molecule has 5 rings (SSSR count). The summed E-state index contributed by atoms with van der Waals surface area (Å²) in [6, 6.07) is 23.8. The minimum Gasteiger partial charge on any atom is -0.307 e. The predicted molar refractivity (Wildman–Crippen MR) is 109 cm³/mol. The van der Waals surface area contributed by atoms with Gasteiger partial charge in [-0.15, -0.1) is 0 Å². The van der Waals surface area contributed by atoms with E-state index in [9.17, 15) is 0 Å². The van der Waals surface area contributed by atoms with Crippen molar-refractivity contribution in [3.8, 4) is 5.69 Å². The molecule has 2 heterocycles. The SMILES string of the molecule is Cc1cc(C)c(N=C2c3ccccc3-n3c2cc2ccccc23)c(C)c1. The molecule has 126 valence electrons. The minimum absolute atomic E-state index is 1.06. The summed E-state index contributed by atoms with van der Waals surface area (Å²) in [4.78, 5) is 5.17. The monoisotopic (exact) mass is 336 g/mol. The van der Waals surface area contributed by atoms with Crippen molar-refractivity contribution in [3.63, 3.8) is 0 Å². The van der Waals surface area contributed by atoms with Crippen LogP contribution in [-0.4, -0.2) is 10.3 Å². The van der Waals surface area contributed by atoms with E-state index in [0.29, 0.717) is 0 Å². The number of aliphatic imine (C=N–C) groups is 1. The highest BCUT2D eigenvalue weighted by Crippen LogP contribution is 2.36. The predicted octanol–water partition coefficient (Wildman–Crippen LogP) is 6.04. The second kappa shape index (κ2) is 5.43. The van der Waals surface area contributed by atoms with Crippen molar-refractivity contribution in [1.82, 2.24) is 4.57 Å². The van der Waals surface area contributed by atoms with E-state index >= 15 is 0 Å². The molecule has 1 aliphatic heterocycles. The highest BCUT2D eigenvalue weighted by atomic mass is 15.0. The van der Waals surface area contributed by atoms with Crippen LogP contribution in [0.1, 0.15) is 27.9 Å². The maximum atomic E-state index is 5.17. The molecule has 1 aromatic heterocycles. The summed E-state index contributed by atoms with van der Waals surface area (Å²) in [5, 5.41) is 1.25. The second-order valence-electron chi connectivity index (χ2n) is 7.15. The highest BCUT2D eigenvalue weighted by Gasteiger charge is 2.27. The Balaban J connectivity index is 1.84. The molecular formula is C24H20N2. The Morgan fingerprint density at radius 2 is 1.46 bits per heavy atom. The fraction of sp³-hybridized carbons (Fsp3) is 0.125. The third-order valence-electron chi connectivity index (χ3n) is 5.21. The van der Waals surface area contributed by atoms with E-state index in [1.165, 1.54) is 44.5 Å². The normalized spacial score (nSPS) is 14.0. The maximum Gasteiger partial charge on any atom is 0.0971 e. The first-order valence-electron chi connectivity index (χ1n) is 9.00. The molecule has 4 aromatic rings. The standard InChI is InChI=1S/C24H20N2/c1-15-12-16(2)23(17(3)13-15)25-24-19-9-5-7-11-21(19)26-20-10-6-4-8-18(20)14-22(24)26/h4-14H,1-3H3. The van der Waals surface area contributed by atoms with Crippen molar-refractivity contribution >= 4 is 22.3 Å². The van der Waals surface area contributed by atoms with E-state index in [1.807, 2.05) is 0 Å². The lowest BCUT2D eigenvalue weighted by Gasteiger charge is -2.08. The summed E-state index contributed by atoms with van der Waals surface area (Å²) < 4.78 is 2.34. The van der Waals surface area contributed by atoms with Crippen LogP contribution in [0.25, 0.3) is 16.6 Å². The zero-order chi connectivity index (χ0) is 17.8. The Labute approximate surface area is 153 Å². The van der Waals surface area contributed by atoms with Crippen LogP contribution < -0.4 is 0 Å². The number of para-hydroxylation sites is 2. The largest absolute Gasteiger partial charge is 0.307 e. The Bertz CT molecular complexity index is 1190. The fourth-order valence-electron chi connectivity index (χ4n) is 4.17. The number of hydrogen-bond donors (Lipinski definition) is 0. The summed E-state index contributed by atoms with van der Waals surface area (Å²) in [6.45, 7) is 6.44. The third-order valence-corrected chi connectivity index (χ3v) is 5.21. The molecule has 0 N–H and O–H groups in total. The van der Waals surface area contributed by atoms with E-state index in [4.69, 9.17) is 4.99 Å². The molecule has 0 aliphatic carbocycles. The van der Waals surface area contributed by atoms with Crippen LogP contribution in [0.2, 0.25) is 0 Å². The topological polar surface area (TPSA) is 17.3 Å². The Kier molecular flexibility index (Phi) is 3.17. The zero-order valence-corrected chi connectivity index (χ0v) is 15.2. The molecule has 0 amide bonds. The van der Waals surface area contributed by atoms with Crippen LogP contribution in [0, 0.1) is 20.8 Å². The van der Waals surface area contributed by atoms with Gasteiger partial charge in [0.2, 0.25) is 0 Å². The van der Waals surface area contributed by atoms with Gasteiger partial charge in [0.1, 0.15) is 0 Å².